The molecule has 0 bridgehead atoms. The fourth-order valence-electron chi connectivity index (χ4n) is 2.20. The van der Waals surface area contributed by atoms with Crippen molar-refractivity contribution in [3.05, 3.63) is 40.4 Å². The SMILES string of the molecule is CC.Cc1ncc(S(=O)Nc2cc(F)c(C)c3c(C#N)c[nH]c23)s1. The maximum Gasteiger partial charge on any atom is 0.162 e. The third-order valence-corrected chi connectivity index (χ3v) is 5.55. The van der Waals surface area contributed by atoms with Gasteiger partial charge in [0.1, 0.15) is 16.1 Å². The first-order chi connectivity index (χ1) is 11.5. The van der Waals surface area contributed by atoms with Gasteiger partial charge in [-0.15, -0.1) is 11.3 Å². The summed E-state index contributed by atoms with van der Waals surface area (Å²) >= 11 is 1.31. The third-order valence-electron chi connectivity index (χ3n) is 3.26. The summed E-state index contributed by atoms with van der Waals surface area (Å²) in [5, 5.41) is 10.4. The minimum Gasteiger partial charge on any atom is -0.358 e. The molecule has 1 atom stereocenters. The summed E-state index contributed by atoms with van der Waals surface area (Å²) < 4.78 is 29.7. The van der Waals surface area contributed by atoms with Crippen LogP contribution in [-0.4, -0.2) is 14.2 Å². The molecule has 8 heteroatoms. The molecule has 1 aromatic carbocycles. The number of hydrogen-bond acceptors (Lipinski definition) is 4. The summed E-state index contributed by atoms with van der Waals surface area (Å²) in [6.07, 6.45) is 3.04. The summed E-state index contributed by atoms with van der Waals surface area (Å²) in [7, 11) is -1.54. The van der Waals surface area contributed by atoms with Gasteiger partial charge in [0.25, 0.3) is 0 Å². The van der Waals surface area contributed by atoms with Crippen molar-refractivity contribution < 1.29 is 8.60 Å². The van der Waals surface area contributed by atoms with Gasteiger partial charge in [-0.3, -0.25) is 4.72 Å². The Labute approximate surface area is 146 Å². The Balaban J connectivity index is 0.00000100. The molecule has 0 fully saturated rings. The van der Waals surface area contributed by atoms with E-state index < -0.39 is 16.8 Å². The van der Waals surface area contributed by atoms with Crippen molar-refractivity contribution in [3.8, 4) is 6.07 Å². The molecule has 3 rings (SSSR count). The van der Waals surface area contributed by atoms with Gasteiger partial charge in [0.2, 0.25) is 0 Å². The van der Waals surface area contributed by atoms with E-state index >= 15 is 0 Å². The zero-order valence-electron chi connectivity index (χ0n) is 13.7. The predicted molar refractivity (Wildman–Crippen MR) is 95.9 cm³/mol. The van der Waals surface area contributed by atoms with E-state index in [9.17, 15) is 8.60 Å². The first kappa shape index (κ1) is 18.1. The molecule has 0 aliphatic carbocycles. The zero-order valence-corrected chi connectivity index (χ0v) is 15.4. The van der Waals surface area contributed by atoms with Gasteiger partial charge in [-0.1, -0.05) is 13.8 Å². The van der Waals surface area contributed by atoms with Gasteiger partial charge in [-0.25, -0.2) is 13.6 Å². The minimum atomic E-state index is -1.54. The van der Waals surface area contributed by atoms with Gasteiger partial charge in [0.15, 0.2) is 11.0 Å². The lowest BCUT2D eigenvalue weighted by atomic mass is 10.1. The molecule has 0 saturated carbocycles. The average Bonchev–Trinajstić information content (AvgIpc) is 3.20. The molecule has 24 heavy (non-hydrogen) atoms. The number of fused-ring (bicyclic) bond motifs is 1. The van der Waals surface area contributed by atoms with Crippen LogP contribution < -0.4 is 4.72 Å². The molecule has 5 nitrogen and oxygen atoms in total. The van der Waals surface area contributed by atoms with E-state index in [-0.39, 0.29) is 0 Å². The topological polar surface area (TPSA) is 81.6 Å². The van der Waals surface area contributed by atoms with E-state index in [4.69, 9.17) is 5.26 Å². The number of rotatable bonds is 3. The molecule has 0 saturated heterocycles. The van der Waals surface area contributed by atoms with E-state index in [0.717, 1.165) is 5.01 Å². The number of thiazole rings is 1. The normalized spacial score (nSPS) is 11.5. The molecule has 0 aliphatic rings. The standard InChI is InChI=1S/C14H11FN4OS2.C2H6/c1-7-10(15)3-11(14-13(7)9(4-16)5-18-14)19-22(20)12-6-17-8(2)21-12;1-2/h3,5-6,18-19H,1-2H3;1-2H3. The Hall–Kier alpha value is -2.24. The highest BCUT2D eigenvalue weighted by Crippen LogP contribution is 2.31. The Bertz CT molecular complexity index is 940. The quantitative estimate of drug-likeness (QED) is 0.722. The van der Waals surface area contributed by atoms with Crippen LogP contribution in [0.25, 0.3) is 10.9 Å². The Morgan fingerprint density at radius 2 is 2.12 bits per heavy atom. The summed E-state index contributed by atoms with van der Waals surface area (Å²) in [5.74, 6) is -0.455. The van der Waals surface area contributed by atoms with Crippen molar-refractivity contribution in [1.29, 1.82) is 5.26 Å². The lowest BCUT2D eigenvalue weighted by Gasteiger charge is -2.08. The van der Waals surface area contributed by atoms with Crippen LogP contribution >= 0.6 is 11.3 Å². The lowest BCUT2D eigenvalue weighted by Crippen LogP contribution is -2.04. The van der Waals surface area contributed by atoms with Crippen molar-refractivity contribution in [1.82, 2.24) is 9.97 Å². The monoisotopic (exact) mass is 364 g/mol. The second kappa shape index (κ2) is 7.55. The number of hydrogen-bond donors (Lipinski definition) is 2. The fraction of sp³-hybridized carbons (Fsp3) is 0.250. The average molecular weight is 364 g/mol. The van der Waals surface area contributed by atoms with Crippen molar-refractivity contribution in [2.45, 2.75) is 31.9 Å². The van der Waals surface area contributed by atoms with Crippen LogP contribution in [0.2, 0.25) is 0 Å². The van der Waals surface area contributed by atoms with E-state index in [0.29, 0.717) is 31.9 Å². The second-order valence-electron chi connectivity index (χ2n) is 4.66. The maximum absolute atomic E-state index is 14.1. The van der Waals surface area contributed by atoms with Gasteiger partial charge >= 0.3 is 0 Å². The highest BCUT2D eigenvalue weighted by Gasteiger charge is 2.17. The molecule has 0 amide bonds. The number of halogens is 1. The molecule has 2 N–H and O–H groups in total. The molecule has 0 spiro atoms. The molecule has 2 heterocycles. The van der Waals surface area contributed by atoms with Crippen molar-refractivity contribution in [2.75, 3.05) is 4.72 Å². The molecule has 3 aromatic rings. The van der Waals surface area contributed by atoms with Crippen LogP contribution in [-0.2, 0) is 11.0 Å². The fourth-order valence-corrected chi connectivity index (χ4v) is 4.10. The summed E-state index contributed by atoms with van der Waals surface area (Å²) in [4.78, 5) is 6.99. The van der Waals surface area contributed by atoms with E-state index in [1.807, 2.05) is 26.8 Å². The van der Waals surface area contributed by atoms with Crippen molar-refractivity contribution in [3.63, 3.8) is 0 Å². The summed E-state index contributed by atoms with van der Waals surface area (Å²) in [6.45, 7) is 7.43. The number of aromatic nitrogens is 2. The lowest BCUT2D eigenvalue weighted by molar-refractivity contribution is 0.621. The Morgan fingerprint density at radius 1 is 1.42 bits per heavy atom. The zero-order chi connectivity index (χ0) is 17.9. The number of nitriles is 1. The van der Waals surface area contributed by atoms with Crippen LogP contribution in [0.3, 0.4) is 0 Å². The number of nitrogens with one attached hydrogen (secondary N) is 2. The molecule has 126 valence electrons. The van der Waals surface area contributed by atoms with Crippen LogP contribution in [0.5, 0.6) is 0 Å². The summed E-state index contributed by atoms with van der Waals surface area (Å²) in [6, 6.07) is 3.30. The van der Waals surface area contributed by atoms with E-state index in [2.05, 4.69) is 14.7 Å². The Morgan fingerprint density at radius 3 is 2.71 bits per heavy atom. The molecule has 0 aliphatic heterocycles. The second-order valence-corrected chi connectivity index (χ2v) is 7.34. The molecular formula is C16H17FN4OS2. The molecular weight excluding hydrogens is 347 g/mol. The summed E-state index contributed by atoms with van der Waals surface area (Å²) in [5.41, 5.74) is 1.65. The van der Waals surface area contributed by atoms with Crippen molar-refractivity contribution in [2.24, 2.45) is 0 Å². The highest BCUT2D eigenvalue weighted by atomic mass is 32.2. The van der Waals surface area contributed by atoms with Gasteiger partial charge in [0, 0.05) is 17.6 Å². The van der Waals surface area contributed by atoms with Crippen LogP contribution in [0.15, 0.2) is 22.7 Å². The molecule has 1 unspecified atom stereocenters. The first-order valence-corrected chi connectivity index (χ1v) is 9.29. The number of nitrogens with zero attached hydrogens (tertiary/aromatic N) is 2. The predicted octanol–water partition coefficient (Wildman–Crippen LogP) is 4.41. The number of H-pyrrole nitrogens is 1. The largest absolute Gasteiger partial charge is 0.358 e. The molecule has 2 aromatic heterocycles. The van der Waals surface area contributed by atoms with Gasteiger partial charge in [0.05, 0.1) is 28.0 Å². The van der Waals surface area contributed by atoms with Crippen LogP contribution in [0, 0.1) is 31.0 Å². The van der Waals surface area contributed by atoms with Gasteiger partial charge in [-0.2, -0.15) is 5.26 Å². The van der Waals surface area contributed by atoms with Crippen molar-refractivity contribution >= 4 is 38.9 Å². The smallest absolute Gasteiger partial charge is 0.162 e. The Kier molecular flexibility index (Phi) is 5.70. The maximum atomic E-state index is 14.1. The minimum absolute atomic E-state index is 0.351. The molecule has 0 radical (unpaired) electrons. The van der Waals surface area contributed by atoms with E-state index in [1.165, 1.54) is 29.8 Å². The third kappa shape index (κ3) is 3.32. The highest BCUT2D eigenvalue weighted by molar-refractivity contribution is 7.88. The number of aromatic amines is 1. The van der Waals surface area contributed by atoms with Gasteiger partial charge in [-0.05, 0) is 19.4 Å². The van der Waals surface area contributed by atoms with E-state index in [1.54, 1.807) is 6.92 Å². The number of aryl methyl sites for hydroxylation is 2. The van der Waals surface area contributed by atoms with Gasteiger partial charge < -0.3 is 4.98 Å². The number of anilines is 1. The van der Waals surface area contributed by atoms with Crippen LogP contribution in [0.4, 0.5) is 10.1 Å². The first-order valence-electron chi connectivity index (χ1n) is 7.32. The number of benzene rings is 1. The van der Waals surface area contributed by atoms with Crippen LogP contribution in [0.1, 0.15) is 30.0 Å².